The van der Waals surface area contributed by atoms with E-state index in [9.17, 15) is 24.3 Å². The normalized spacial score (nSPS) is 17.2. The first-order chi connectivity index (χ1) is 18.0. The van der Waals surface area contributed by atoms with Crippen LogP contribution in [0.15, 0.2) is 66.7 Å². The lowest BCUT2D eigenvalue weighted by atomic mass is 10.0. The summed E-state index contributed by atoms with van der Waals surface area (Å²) < 4.78 is 5.61. The summed E-state index contributed by atoms with van der Waals surface area (Å²) in [7, 11) is 0. The van der Waals surface area contributed by atoms with Crippen LogP contribution in [-0.4, -0.2) is 52.7 Å². The minimum atomic E-state index is -1.37. The quantitative estimate of drug-likeness (QED) is 0.465. The van der Waals surface area contributed by atoms with Gasteiger partial charge in [0.25, 0.3) is 0 Å². The Labute approximate surface area is 224 Å². The van der Waals surface area contributed by atoms with Crippen molar-refractivity contribution in [2.24, 2.45) is 0 Å². The van der Waals surface area contributed by atoms with E-state index in [0.717, 1.165) is 16.3 Å². The number of nitrogens with one attached hydrogen (secondary N) is 2. The predicted molar refractivity (Wildman–Crippen MR) is 143 cm³/mol. The van der Waals surface area contributed by atoms with Crippen LogP contribution in [0.25, 0.3) is 10.8 Å². The highest BCUT2D eigenvalue weighted by atomic mass is 32.2. The van der Waals surface area contributed by atoms with E-state index < -0.39 is 40.9 Å². The summed E-state index contributed by atoms with van der Waals surface area (Å²) in [5.74, 6) is -1.99. The minimum Gasteiger partial charge on any atom is -0.545 e. The minimum absolute atomic E-state index is 0.0916. The van der Waals surface area contributed by atoms with Gasteiger partial charge < -0.3 is 30.2 Å². The molecule has 2 N–H and O–H groups in total. The first kappa shape index (κ1) is 27.0. The Morgan fingerprint density at radius 1 is 1.03 bits per heavy atom. The summed E-state index contributed by atoms with van der Waals surface area (Å²) in [5.41, 5.74) is 0.294. The topological polar surface area (TPSA) is 128 Å². The van der Waals surface area contributed by atoms with Crippen LogP contribution in [0.2, 0.25) is 0 Å². The zero-order valence-corrected chi connectivity index (χ0v) is 22.0. The van der Waals surface area contributed by atoms with E-state index in [1.165, 1.54) is 40.9 Å². The number of ether oxygens (including phenoxy) is 1. The van der Waals surface area contributed by atoms with Crippen molar-refractivity contribution in [3.05, 3.63) is 77.9 Å². The number of benzene rings is 3. The second kappa shape index (κ2) is 11.1. The van der Waals surface area contributed by atoms with Crippen LogP contribution >= 0.6 is 11.8 Å². The van der Waals surface area contributed by atoms with Crippen molar-refractivity contribution in [1.29, 1.82) is 0 Å². The molecule has 9 nitrogen and oxygen atoms in total. The Bertz CT molecular complexity index is 1380. The van der Waals surface area contributed by atoms with Gasteiger partial charge in [-0.05, 0) is 54.8 Å². The highest BCUT2D eigenvalue weighted by molar-refractivity contribution is 7.99. The number of urea groups is 1. The second-order valence-electron chi connectivity index (χ2n) is 9.78. The Morgan fingerprint density at radius 2 is 1.74 bits per heavy atom. The van der Waals surface area contributed by atoms with Gasteiger partial charge in [0.15, 0.2) is 0 Å². The van der Waals surface area contributed by atoms with Crippen molar-refractivity contribution >= 4 is 52.1 Å². The average Bonchev–Trinajstić information content (AvgIpc) is 3.31. The fourth-order valence-corrected chi connectivity index (χ4v) is 5.69. The summed E-state index contributed by atoms with van der Waals surface area (Å²) in [5, 5.41) is 17.6. The third-order valence-electron chi connectivity index (χ3n) is 5.81. The van der Waals surface area contributed by atoms with Crippen molar-refractivity contribution < 1.29 is 29.0 Å². The molecule has 4 rings (SSSR count). The van der Waals surface area contributed by atoms with Crippen molar-refractivity contribution in [3.8, 4) is 0 Å². The third kappa shape index (κ3) is 6.25. The molecule has 3 aromatic rings. The summed E-state index contributed by atoms with van der Waals surface area (Å²) in [6.07, 6.45) is 0. The monoisotopic (exact) mass is 534 g/mol. The van der Waals surface area contributed by atoms with Gasteiger partial charge in [-0.3, -0.25) is 4.79 Å². The van der Waals surface area contributed by atoms with Crippen molar-refractivity contribution in [1.82, 2.24) is 10.2 Å². The summed E-state index contributed by atoms with van der Waals surface area (Å²) in [6, 6.07) is 17.7. The molecule has 2 atom stereocenters. The van der Waals surface area contributed by atoms with Crippen LogP contribution < -0.4 is 15.7 Å². The fraction of sp³-hybridized carbons (Fsp3) is 0.286. The van der Waals surface area contributed by atoms with Crippen molar-refractivity contribution in [2.75, 3.05) is 17.6 Å². The lowest BCUT2D eigenvalue weighted by Gasteiger charge is -2.31. The molecule has 1 aliphatic rings. The number of amides is 3. The first-order valence-electron chi connectivity index (χ1n) is 12.0. The number of esters is 1. The molecule has 1 aliphatic heterocycles. The lowest BCUT2D eigenvalue weighted by Crippen LogP contribution is -2.49. The molecule has 0 radical (unpaired) electrons. The van der Waals surface area contributed by atoms with Crippen LogP contribution in [-0.2, 0) is 14.3 Å². The van der Waals surface area contributed by atoms with E-state index in [0.29, 0.717) is 5.75 Å². The molecule has 198 valence electrons. The smallest absolute Gasteiger partial charge is 0.330 e. The number of carbonyl (C=O) groups is 4. The molecule has 0 saturated carbocycles. The number of hydrogen-bond acceptors (Lipinski definition) is 7. The standard InChI is InChI=1S/C28H29N3O6S/c1-28(2,3)37-26(35)22-16-38-24(21-13-7-9-17-8-4-5-12-20(17)21)31(22)23(32)15-29-27(36)30-19-11-6-10-18(14-19)25(33)34/h4-14,22,24H,15-16H2,1-3H3,(H,33,34)(H2,29,30,36)/p-1. The zero-order chi connectivity index (χ0) is 27.4. The molecular weight excluding hydrogens is 506 g/mol. The molecule has 0 aliphatic carbocycles. The predicted octanol–water partition coefficient (Wildman–Crippen LogP) is 3.31. The number of anilines is 1. The number of carboxylic acids is 1. The van der Waals surface area contributed by atoms with Gasteiger partial charge in [-0.15, -0.1) is 11.8 Å². The van der Waals surface area contributed by atoms with E-state index in [2.05, 4.69) is 10.6 Å². The fourth-order valence-electron chi connectivity index (χ4n) is 4.21. The number of aromatic carboxylic acids is 1. The Morgan fingerprint density at radius 3 is 2.47 bits per heavy atom. The maximum atomic E-state index is 13.5. The molecule has 1 heterocycles. The van der Waals surface area contributed by atoms with Crippen molar-refractivity contribution in [2.45, 2.75) is 37.8 Å². The summed E-state index contributed by atoms with van der Waals surface area (Å²) in [6.45, 7) is 4.92. The Hall–Kier alpha value is -4.05. The Balaban J connectivity index is 1.55. The van der Waals surface area contributed by atoms with Gasteiger partial charge in [-0.1, -0.05) is 54.6 Å². The van der Waals surface area contributed by atoms with E-state index in [4.69, 9.17) is 4.74 Å². The number of hydrogen-bond donors (Lipinski definition) is 2. The molecule has 2 unspecified atom stereocenters. The molecule has 1 saturated heterocycles. The number of carboxylic acid groups (broad SMARTS) is 1. The Kier molecular flexibility index (Phi) is 7.91. The van der Waals surface area contributed by atoms with Crippen LogP contribution in [0.4, 0.5) is 10.5 Å². The van der Waals surface area contributed by atoms with Crippen LogP contribution in [0.1, 0.15) is 42.1 Å². The maximum Gasteiger partial charge on any atom is 0.330 e. The van der Waals surface area contributed by atoms with Crippen LogP contribution in [0.5, 0.6) is 0 Å². The number of carbonyl (C=O) groups excluding carboxylic acids is 4. The molecule has 3 aromatic carbocycles. The molecule has 0 spiro atoms. The number of thioether (sulfide) groups is 1. The van der Waals surface area contributed by atoms with Gasteiger partial charge in [0, 0.05) is 11.4 Å². The molecule has 10 heteroatoms. The molecule has 0 bridgehead atoms. The zero-order valence-electron chi connectivity index (χ0n) is 21.2. The number of nitrogens with zero attached hydrogens (tertiary/aromatic N) is 1. The van der Waals surface area contributed by atoms with Gasteiger partial charge in [0.2, 0.25) is 5.91 Å². The third-order valence-corrected chi connectivity index (χ3v) is 7.12. The molecule has 0 aromatic heterocycles. The van der Waals surface area contributed by atoms with Gasteiger partial charge in [-0.25, -0.2) is 9.59 Å². The van der Waals surface area contributed by atoms with Crippen molar-refractivity contribution in [3.63, 3.8) is 0 Å². The number of fused-ring (bicyclic) bond motifs is 1. The second-order valence-corrected chi connectivity index (χ2v) is 10.9. The maximum absolute atomic E-state index is 13.5. The molecular formula is C28H28N3O6S-. The highest BCUT2D eigenvalue weighted by Gasteiger charge is 2.44. The van der Waals surface area contributed by atoms with Crippen LogP contribution in [0.3, 0.4) is 0 Å². The van der Waals surface area contributed by atoms with Gasteiger partial charge in [0.1, 0.15) is 17.0 Å². The van der Waals surface area contributed by atoms with E-state index in [1.54, 1.807) is 20.8 Å². The van der Waals surface area contributed by atoms with Gasteiger partial charge in [0.05, 0.1) is 12.5 Å². The van der Waals surface area contributed by atoms with E-state index in [-0.39, 0.29) is 17.8 Å². The SMILES string of the molecule is CC(C)(C)OC(=O)C1CSC(c2cccc3ccccc23)N1C(=O)CNC(=O)Nc1cccc(C(=O)[O-])c1. The van der Waals surface area contributed by atoms with Gasteiger partial charge in [-0.2, -0.15) is 0 Å². The first-order valence-corrected chi connectivity index (χ1v) is 13.1. The molecule has 1 fully saturated rings. The highest BCUT2D eigenvalue weighted by Crippen LogP contribution is 2.44. The summed E-state index contributed by atoms with van der Waals surface area (Å²) >= 11 is 1.46. The molecule has 3 amide bonds. The average molecular weight is 535 g/mol. The largest absolute Gasteiger partial charge is 0.545 e. The number of rotatable bonds is 6. The molecule has 38 heavy (non-hydrogen) atoms. The summed E-state index contributed by atoms with van der Waals surface area (Å²) in [4.78, 5) is 51.7. The van der Waals surface area contributed by atoms with Gasteiger partial charge >= 0.3 is 12.0 Å². The van der Waals surface area contributed by atoms with E-state index >= 15 is 0 Å². The lowest BCUT2D eigenvalue weighted by molar-refractivity contribution is -0.255. The van der Waals surface area contributed by atoms with Crippen LogP contribution in [0, 0.1) is 0 Å². The van der Waals surface area contributed by atoms with E-state index in [1.807, 2.05) is 42.5 Å².